The van der Waals surface area contributed by atoms with Crippen LogP contribution in [0, 0.1) is 5.92 Å². The molecule has 0 fully saturated rings. The first kappa shape index (κ1) is 13.0. The third-order valence-corrected chi connectivity index (χ3v) is 3.42. The second kappa shape index (κ2) is 5.48. The highest BCUT2D eigenvalue weighted by Crippen LogP contribution is 2.24. The molecular weight excluding hydrogens is 292 g/mol. The van der Waals surface area contributed by atoms with Gasteiger partial charge in [0.1, 0.15) is 4.60 Å². The fourth-order valence-corrected chi connectivity index (χ4v) is 2.45. The number of aldehydes is 1. The number of aromatic nitrogens is 2. The van der Waals surface area contributed by atoms with Gasteiger partial charge in [0.2, 0.25) is 0 Å². The molecule has 2 aromatic rings. The topological polar surface area (TPSA) is 34.9 Å². The van der Waals surface area contributed by atoms with Crippen molar-refractivity contribution < 1.29 is 4.79 Å². The zero-order valence-electron chi connectivity index (χ0n) is 10.4. The Labute approximate surface area is 115 Å². The molecule has 0 amide bonds. The molecule has 0 radical (unpaired) electrons. The molecule has 1 heterocycles. The van der Waals surface area contributed by atoms with Crippen molar-refractivity contribution in [1.82, 2.24) is 9.78 Å². The molecule has 0 aliphatic heterocycles. The van der Waals surface area contributed by atoms with E-state index in [1.807, 2.05) is 30.3 Å². The summed E-state index contributed by atoms with van der Waals surface area (Å²) < 4.78 is 2.49. The van der Waals surface area contributed by atoms with Crippen LogP contribution in [0.15, 0.2) is 34.9 Å². The van der Waals surface area contributed by atoms with Gasteiger partial charge in [-0.1, -0.05) is 32.0 Å². The number of carbonyl (C=O) groups excluding carboxylic acids is 1. The highest BCUT2D eigenvalue weighted by molar-refractivity contribution is 9.10. The van der Waals surface area contributed by atoms with Crippen LogP contribution in [0.25, 0.3) is 5.69 Å². The lowest BCUT2D eigenvalue weighted by Gasteiger charge is -2.02. The minimum absolute atomic E-state index is 0.467. The van der Waals surface area contributed by atoms with E-state index in [1.54, 1.807) is 4.68 Å². The molecule has 1 aromatic heterocycles. The van der Waals surface area contributed by atoms with E-state index >= 15 is 0 Å². The van der Waals surface area contributed by atoms with Crippen LogP contribution in [-0.2, 0) is 6.42 Å². The van der Waals surface area contributed by atoms with Crippen molar-refractivity contribution >= 4 is 22.2 Å². The van der Waals surface area contributed by atoms with Crippen LogP contribution >= 0.6 is 15.9 Å². The summed E-state index contributed by atoms with van der Waals surface area (Å²) in [6, 6.07) is 9.78. The first-order valence-electron chi connectivity index (χ1n) is 5.91. The van der Waals surface area contributed by atoms with Crippen LogP contribution < -0.4 is 0 Å². The zero-order valence-corrected chi connectivity index (χ0v) is 12.0. The van der Waals surface area contributed by atoms with E-state index in [-0.39, 0.29) is 0 Å². The van der Waals surface area contributed by atoms with Crippen molar-refractivity contribution in [2.45, 2.75) is 20.3 Å². The van der Waals surface area contributed by atoms with Gasteiger partial charge in [-0.2, -0.15) is 5.10 Å². The van der Waals surface area contributed by atoms with E-state index in [0.717, 1.165) is 28.7 Å². The minimum atomic E-state index is 0.467. The molecule has 0 aliphatic carbocycles. The molecule has 0 bridgehead atoms. The van der Waals surface area contributed by atoms with Gasteiger partial charge in [-0.3, -0.25) is 4.79 Å². The molecule has 0 unspecified atom stereocenters. The molecule has 4 heteroatoms. The normalized spacial score (nSPS) is 10.9. The van der Waals surface area contributed by atoms with E-state index in [1.165, 1.54) is 0 Å². The molecule has 3 nitrogen and oxygen atoms in total. The maximum absolute atomic E-state index is 11.2. The maximum atomic E-state index is 11.2. The third kappa shape index (κ3) is 2.53. The zero-order chi connectivity index (χ0) is 13.1. The molecule has 0 saturated heterocycles. The van der Waals surface area contributed by atoms with Gasteiger partial charge in [0.15, 0.2) is 6.29 Å². The summed E-state index contributed by atoms with van der Waals surface area (Å²) in [5.74, 6) is 0.467. The molecule has 0 atom stereocenters. The first-order valence-corrected chi connectivity index (χ1v) is 6.70. The van der Waals surface area contributed by atoms with E-state index in [2.05, 4.69) is 34.9 Å². The molecule has 0 spiro atoms. The van der Waals surface area contributed by atoms with Crippen molar-refractivity contribution in [3.63, 3.8) is 0 Å². The Bertz CT molecular complexity index is 546. The molecule has 0 saturated carbocycles. The highest BCUT2D eigenvalue weighted by Gasteiger charge is 2.16. The van der Waals surface area contributed by atoms with Crippen LogP contribution in [0.4, 0.5) is 0 Å². The number of nitrogens with zero attached hydrogens (tertiary/aromatic N) is 2. The van der Waals surface area contributed by atoms with Crippen molar-refractivity contribution in [2.24, 2.45) is 5.92 Å². The Hall–Kier alpha value is -1.42. The second-order valence-electron chi connectivity index (χ2n) is 4.61. The van der Waals surface area contributed by atoms with Gasteiger partial charge in [-0.15, -0.1) is 0 Å². The number of carbonyl (C=O) groups is 1. The van der Waals surface area contributed by atoms with Gasteiger partial charge in [0.25, 0.3) is 0 Å². The Morgan fingerprint density at radius 1 is 1.33 bits per heavy atom. The fraction of sp³-hybridized carbons (Fsp3) is 0.286. The largest absolute Gasteiger partial charge is 0.298 e. The number of hydrogen-bond acceptors (Lipinski definition) is 2. The molecule has 1 aromatic carbocycles. The van der Waals surface area contributed by atoms with E-state index in [9.17, 15) is 4.79 Å². The molecular formula is C14H15BrN2O. The Kier molecular flexibility index (Phi) is 3.97. The fourth-order valence-electron chi connectivity index (χ4n) is 1.85. The van der Waals surface area contributed by atoms with Crippen molar-refractivity contribution in [3.8, 4) is 5.69 Å². The lowest BCUT2D eigenvalue weighted by Crippen LogP contribution is -2.00. The molecule has 94 valence electrons. The number of hydrogen-bond donors (Lipinski definition) is 0. The summed E-state index contributed by atoms with van der Waals surface area (Å²) in [7, 11) is 0. The second-order valence-corrected chi connectivity index (χ2v) is 5.37. The lowest BCUT2D eigenvalue weighted by molar-refractivity contribution is 0.112. The average Bonchev–Trinajstić information content (AvgIpc) is 2.66. The van der Waals surface area contributed by atoms with E-state index in [4.69, 9.17) is 0 Å². The number of halogens is 1. The van der Waals surface area contributed by atoms with Crippen molar-refractivity contribution in [2.75, 3.05) is 0 Å². The van der Waals surface area contributed by atoms with Crippen LogP contribution in [-0.4, -0.2) is 16.1 Å². The SMILES string of the molecule is CC(C)Cc1nn(-c2ccccc2)c(Br)c1C=O. The molecule has 18 heavy (non-hydrogen) atoms. The molecule has 0 aliphatic rings. The highest BCUT2D eigenvalue weighted by atomic mass is 79.9. The quantitative estimate of drug-likeness (QED) is 0.808. The van der Waals surface area contributed by atoms with Crippen molar-refractivity contribution in [3.05, 3.63) is 46.2 Å². The summed E-state index contributed by atoms with van der Waals surface area (Å²) >= 11 is 3.46. The monoisotopic (exact) mass is 306 g/mol. The van der Waals surface area contributed by atoms with E-state index in [0.29, 0.717) is 11.5 Å². The van der Waals surface area contributed by atoms with Crippen LogP contribution in [0.1, 0.15) is 29.9 Å². The van der Waals surface area contributed by atoms with Gasteiger partial charge >= 0.3 is 0 Å². The average molecular weight is 307 g/mol. The summed E-state index contributed by atoms with van der Waals surface area (Å²) in [6.07, 6.45) is 1.67. The van der Waals surface area contributed by atoms with Crippen LogP contribution in [0.2, 0.25) is 0 Å². The number of para-hydroxylation sites is 1. The Morgan fingerprint density at radius 3 is 2.56 bits per heavy atom. The Morgan fingerprint density at radius 2 is 2.00 bits per heavy atom. The number of benzene rings is 1. The summed E-state index contributed by atoms with van der Waals surface area (Å²) in [6.45, 7) is 4.23. The first-order chi connectivity index (χ1) is 8.63. The van der Waals surface area contributed by atoms with Crippen LogP contribution in [0.3, 0.4) is 0 Å². The van der Waals surface area contributed by atoms with Crippen LogP contribution in [0.5, 0.6) is 0 Å². The van der Waals surface area contributed by atoms with Crippen molar-refractivity contribution in [1.29, 1.82) is 0 Å². The molecule has 0 N–H and O–H groups in total. The van der Waals surface area contributed by atoms with Gasteiger partial charge in [-0.05, 0) is 40.4 Å². The third-order valence-electron chi connectivity index (χ3n) is 2.66. The maximum Gasteiger partial charge on any atom is 0.154 e. The summed E-state index contributed by atoms with van der Waals surface area (Å²) in [5, 5.41) is 4.53. The van der Waals surface area contributed by atoms with Gasteiger partial charge in [-0.25, -0.2) is 4.68 Å². The minimum Gasteiger partial charge on any atom is -0.298 e. The predicted octanol–water partition coefficient (Wildman–Crippen LogP) is 3.65. The lowest BCUT2D eigenvalue weighted by atomic mass is 10.1. The van der Waals surface area contributed by atoms with Gasteiger partial charge in [0, 0.05) is 0 Å². The van der Waals surface area contributed by atoms with Gasteiger partial charge < -0.3 is 0 Å². The number of rotatable bonds is 4. The smallest absolute Gasteiger partial charge is 0.154 e. The van der Waals surface area contributed by atoms with Gasteiger partial charge in [0.05, 0.1) is 16.9 Å². The molecule has 2 rings (SSSR count). The van der Waals surface area contributed by atoms with E-state index < -0.39 is 0 Å². The Balaban J connectivity index is 2.50. The summed E-state index contributed by atoms with van der Waals surface area (Å²) in [5.41, 5.74) is 2.44. The summed E-state index contributed by atoms with van der Waals surface area (Å²) in [4.78, 5) is 11.2. The standard InChI is InChI=1S/C14H15BrN2O/c1-10(2)8-13-12(9-18)14(15)17(16-13)11-6-4-3-5-7-11/h3-7,9-10H,8H2,1-2H3. The predicted molar refractivity (Wildman–Crippen MR) is 75.2 cm³/mol.